The Balaban J connectivity index is 0.00000117. The minimum absolute atomic E-state index is 0.675. The molecule has 3 aromatic rings. The van der Waals surface area contributed by atoms with Crippen LogP contribution in [-0.2, 0) is 11.3 Å². The van der Waals surface area contributed by atoms with Gasteiger partial charge in [-0.3, -0.25) is 4.90 Å². The molecule has 29 heavy (non-hydrogen) atoms. The Labute approximate surface area is 180 Å². The first kappa shape index (κ1) is 21.7. The fourth-order valence-electron chi connectivity index (χ4n) is 3.26. The van der Waals surface area contributed by atoms with Crippen LogP contribution in [0.15, 0.2) is 22.7 Å². The molecule has 0 spiro atoms. The Hall–Kier alpha value is -2.05. The van der Waals surface area contributed by atoms with Crippen molar-refractivity contribution in [3.8, 4) is 6.07 Å². The summed E-state index contributed by atoms with van der Waals surface area (Å²) in [6.45, 7) is 12.6. The minimum Gasteiger partial charge on any atom is -0.379 e. The maximum absolute atomic E-state index is 9.30. The minimum atomic E-state index is 0.675. The van der Waals surface area contributed by atoms with Gasteiger partial charge in [0.15, 0.2) is 4.34 Å². The monoisotopic (exact) mass is 429 g/mol. The molecule has 0 amide bonds. The lowest BCUT2D eigenvalue weighted by Gasteiger charge is -2.25. The van der Waals surface area contributed by atoms with Gasteiger partial charge in [0, 0.05) is 48.0 Å². The van der Waals surface area contributed by atoms with Crippen molar-refractivity contribution >= 4 is 39.9 Å². The topological polar surface area (TPSA) is 77.0 Å². The van der Waals surface area contributed by atoms with Gasteiger partial charge in [0.2, 0.25) is 0 Å². The Morgan fingerprint density at radius 1 is 1.31 bits per heavy atom. The first-order valence-electron chi connectivity index (χ1n) is 9.85. The number of anilines is 1. The van der Waals surface area contributed by atoms with E-state index in [1.807, 2.05) is 32.9 Å². The van der Waals surface area contributed by atoms with Crippen LogP contribution in [0.25, 0.3) is 10.9 Å². The average molecular weight is 430 g/mol. The molecule has 0 atom stereocenters. The van der Waals surface area contributed by atoms with E-state index < -0.39 is 0 Å². The van der Waals surface area contributed by atoms with Gasteiger partial charge in [-0.25, -0.2) is 4.98 Å². The highest BCUT2D eigenvalue weighted by Crippen LogP contribution is 2.33. The molecule has 4 rings (SSSR count). The van der Waals surface area contributed by atoms with E-state index >= 15 is 0 Å². The smallest absolute Gasteiger partial charge is 0.170 e. The maximum Gasteiger partial charge on any atom is 0.170 e. The van der Waals surface area contributed by atoms with Gasteiger partial charge in [0.25, 0.3) is 0 Å². The zero-order valence-corrected chi connectivity index (χ0v) is 19.0. The predicted molar refractivity (Wildman–Crippen MR) is 122 cm³/mol. The Bertz CT molecular complexity index is 999. The maximum atomic E-state index is 9.30. The highest BCUT2D eigenvalue weighted by molar-refractivity contribution is 8.02. The molecule has 0 unspecified atom stereocenters. The number of nitriles is 1. The Morgan fingerprint density at radius 2 is 2.07 bits per heavy atom. The number of nitrogens with zero attached hydrogens (tertiary/aromatic N) is 3. The summed E-state index contributed by atoms with van der Waals surface area (Å²) in [5, 5.41) is 10.3. The number of fused-ring (bicyclic) bond motifs is 1. The molecule has 1 fully saturated rings. The zero-order chi connectivity index (χ0) is 20.8. The summed E-state index contributed by atoms with van der Waals surface area (Å²) in [7, 11) is 0. The summed E-state index contributed by atoms with van der Waals surface area (Å²) >= 11 is 3.23. The number of aromatic amines is 1. The third kappa shape index (κ3) is 4.93. The second-order valence-electron chi connectivity index (χ2n) is 6.57. The van der Waals surface area contributed by atoms with Crippen molar-refractivity contribution < 1.29 is 4.74 Å². The first-order valence-corrected chi connectivity index (χ1v) is 11.5. The second-order valence-corrected chi connectivity index (χ2v) is 8.83. The van der Waals surface area contributed by atoms with E-state index in [-0.39, 0.29) is 0 Å². The van der Waals surface area contributed by atoms with Crippen LogP contribution in [0.4, 0.5) is 5.69 Å². The van der Waals surface area contributed by atoms with E-state index in [1.165, 1.54) is 16.8 Å². The predicted octanol–water partition coefficient (Wildman–Crippen LogP) is 5.09. The van der Waals surface area contributed by atoms with Crippen LogP contribution in [0.3, 0.4) is 0 Å². The van der Waals surface area contributed by atoms with Crippen molar-refractivity contribution in [2.75, 3.05) is 31.0 Å². The summed E-state index contributed by atoms with van der Waals surface area (Å²) in [5.74, 6) is 0. The standard InChI is InChI=1S/C19H21N5OS2.C2H6/c1-12-3-4-15(18-17(12)14(9-20)10-21-18)23-27-19-22-16(13(2)26-19)11-24-5-7-25-8-6-24;1-2/h3-4,10,21,23H,5-8,11H2,1-2H3;1-2H3. The molecule has 0 radical (unpaired) electrons. The molecule has 1 saturated heterocycles. The number of aromatic nitrogens is 2. The van der Waals surface area contributed by atoms with Gasteiger partial charge < -0.3 is 14.4 Å². The van der Waals surface area contributed by atoms with Gasteiger partial charge in [-0.1, -0.05) is 19.9 Å². The fraction of sp³-hybridized carbons (Fsp3) is 0.429. The van der Waals surface area contributed by atoms with Gasteiger partial charge in [-0.2, -0.15) is 5.26 Å². The number of hydrogen-bond donors (Lipinski definition) is 2. The van der Waals surface area contributed by atoms with Crippen LogP contribution in [0.5, 0.6) is 0 Å². The first-order chi connectivity index (χ1) is 14.2. The van der Waals surface area contributed by atoms with Gasteiger partial charge in [-0.15, -0.1) is 11.3 Å². The van der Waals surface area contributed by atoms with Crippen molar-refractivity contribution in [1.82, 2.24) is 14.9 Å². The number of rotatable bonds is 5. The van der Waals surface area contributed by atoms with Gasteiger partial charge in [0.05, 0.1) is 35.7 Å². The molecule has 1 aliphatic heterocycles. The number of nitrogens with one attached hydrogen (secondary N) is 2. The van der Waals surface area contributed by atoms with E-state index in [2.05, 4.69) is 27.6 Å². The molecule has 0 saturated carbocycles. The second kappa shape index (κ2) is 10.1. The van der Waals surface area contributed by atoms with Crippen LogP contribution in [0.2, 0.25) is 0 Å². The molecule has 6 nitrogen and oxygen atoms in total. The normalized spacial score (nSPS) is 14.3. The highest BCUT2D eigenvalue weighted by atomic mass is 32.2. The van der Waals surface area contributed by atoms with Crippen molar-refractivity contribution in [2.45, 2.75) is 38.6 Å². The van der Waals surface area contributed by atoms with Crippen molar-refractivity contribution in [1.29, 1.82) is 5.26 Å². The highest BCUT2D eigenvalue weighted by Gasteiger charge is 2.16. The summed E-state index contributed by atoms with van der Waals surface area (Å²) in [4.78, 5) is 11.7. The van der Waals surface area contributed by atoms with Gasteiger partial charge in [0.1, 0.15) is 6.07 Å². The lowest BCUT2D eigenvalue weighted by atomic mass is 10.1. The van der Waals surface area contributed by atoms with Crippen molar-refractivity contribution in [2.24, 2.45) is 0 Å². The average Bonchev–Trinajstić information content (AvgIpc) is 3.34. The van der Waals surface area contributed by atoms with E-state index in [9.17, 15) is 5.26 Å². The molecular weight excluding hydrogens is 402 g/mol. The molecule has 2 aromatic heterocycles. The number of ether oxygens (including phenoxy) is 1. The molecule has 1 aromatic carbocycles. The molecule has 0 aliphatic carbocycles. The lowest BCUT2D eigenvalue weighted by Crippen LogP contribution is -2.35. The number of H-pyrrole nitrogens is 1. The summed E-state index contributed by atoms with van der Waals surface area (Å²) in [6.07, 6.45) is 1.77. The molecule has 1 aliphatic rings. The lowest BCUT2D eigenvalue weighted by molar-refractivity contribution is 0.0336. The largest absolute Gasteiger partial charge is 0.379 e. The van der Waals surface area contributed by atoms with Crippen LogP contribution in [0.1, 0.15) is 35.5 Å². The van der Waals surface area contributed by atoms with E-state index in [0.717, 1.165) is 65.0 Å². The molecule has 8 heteroatoms. The summed E-state index contributed by atoms with van der Waals surface area (Å²) in [6, 6.07) is 6.33. The number of aryl methyl sites for hydroxylation is 2. The van der Waals surface area contributed by atoms with E-state index in [0.29, 0.717) is 5.56 Å². The fourth-order valence-corrected chi connectivity index (χ4v) is 5.09. The summed E-state index contributed by atoms with van der Waals surface area (Å²) < 4.78 is 9.82. The quantitative estimate of drug-likeness (QED) is 0.550. The molecular formula is C21H27N5OS2. The van der Waals surface area contributed by atoms with E-state index in [1.54, 1.807) is 17.5 Å². The third-order valence-electron chi connectivity index (χ3n) is 4.76. The third-order valence-corrected chi connectivity index (χ3v) is 6.66. The molecule has 3 heterocycles. The van der Waals surface area contributed by atoms with Gasteiger partial charge in [-0.05, 0) is 25.5 Å². The van der Waals surface area contributed by atoms with Gasteiger partial charge >= 0.3 is 0 Å². The van der Waals surface area contributed by atoms with Crippen molar-refractivity contribution in [3.63, 3.8) is 0 Å². The van der Waals surface area contributed by atoms with Crippen LogP contribution < -0.4 is 4.72 Å². The van der Waals surface area contributed by atoms with Crippen LogP contribution in [-0.4, -0.2) is 41.2 Å². The van der Waals surface area contributed by atoms with E-state index in [4.69, 9.17) is 9.72 Å². The summed E-state index contributed by atoms with van der Waals surface area (Å²) in [5.41, 5.74) is 4.84. The number of hydrogen-bond acceptors (Lipinski definition) is 7. The zero-order valence-electron chi connectivity index (χ0n) is 17.3. The van der Waals surface area contributed by atoms with Crippen LogP contribution in [0, 0.1) is 25.2 Å². The van der Waals surface area contributed by atoms with Crippen LogP contribution >= 0.6 is 23.3 Å². The Kier molecular flexibility index (Phi) is 7.56. The molecule has 154 valence electrons. The number of thiazole rings is 1. The number of benzene rings is 1. The SMILES string of the molecule is CC.Cc1sc(SNc2ccc(C)c3c(C#N)c[nH]c23)nc1CN1CCOCC1. The molecule has 2 N–H and O–H groups in total. The van der Waals surface area contributed by atoms with Crippen molar-refractivity contribution in [3.05, 3.63) is 40.0 Å². The molecule has 0 bridgehead atoms. The Morgan fingerprint density at radius 3 is 2.79 bits per heavy atom. The number of morpholine rings is 1.